The Bertz CT molecular complexity index is 3830. The zero-order chi connectivity index (χ0) is 37.2. The van der Waals surface area contributed by atoms with Gasteiger partial charge < -0.3 is 4.57 Å². The quantitative estimate of drug-likeness (QED) is 0.181. The largest absolute Gasteiger partial charge is 0.309 e. The molecule has 0 amide bonds. The molecule has 0 saturated carbocycles. The predicted octanol–water partition coefficient (Wildman–Crippen LogP) is 14.2. The molecular weight excluding hydrogens is 713 g/mol. The highest BCUT2D eigenvalue weighted by molar-refractivity contribution is 7.26. The summed E-state index contributed by atoms with van der Waals surface area (Å²) in [6.45, 7) is 0. The van der Waals surface area contributed by atoms with E-state index in [1.165, 1.54) is 68.9 Å². The third-order valence-corrected chi connectivity index (χ3v) is 13.1. The van der Waals surface area contributed by atoms with Gasteiger partial charge in [0.05, 0.1) is 38.8 Å². The van der Waals surface area contributed by atoms with Crippen LogP contribution in [0, 0.1) is 0 Å². The van der Waals surface area contributed by atoms with Gasteiger partial charge in [0.25, 0.3) is 0 Å². The van der Waals surface area contributed by atoms with Crippen LogP contribution in [0.1, 0.15) is 0 Å². The number of fused-ring (bicyclic) bond motifs is 13. The van der Waals surface area contributed by atoms with Crippen molar-refractivity contribution in [3.8, 4) is 22.8 Å². The van der Waals surface area contributed by atoms with Gasteiger partial charge in [0.2, 0.25) is 0 Å². The van der Waals surface area contributed by atoms with Crippen LogP contribution in [0.3, 0.4) is 0 Å². The Balaban J connectivity index is 1.13. The maximum atomic E-state index is 5.49. The van der Waals surface area contributed by atoms with Gasteiger partial charge in [-0.3, -0.25) is 4.57 Å². The summed E-state index contributed by atoms with van der Waals surface area (Å²) in [5.41, 5.74) is 9.48. The van der Waals surface area contributed by atoms with Crippen LogP contribution in [0.2, 0.25) is 0 Å². The van der Waals surface area contributed by atoms with E-state index in [0.717, 1.165) is 50.2 Å². The van der Waals surface area contributed by atoms with E-state index in [9.17, 15) is 0 Å². The van der Waals surface area contributed by atoms with Crippen LogP contribution in [-0.4, -0.2) is 19.1 Å². The monoisotopic (exact) mass is 742 g/mol. The van der Waals surface area contributed by atoms with Crippen LogP contribution >= 0.6 is 11.3 Å². The molecule has 13 aromatic rings. The number of benzene rings is 9. The summed E-state index contributed by atoms with van der Waals surface area (Å²) in [7, 11) is 0. The van der Waals surface area contributed by atoms with Crippen molar-refractivity contribution in [3.63, 3.8) is 0 Å². The Hall–Kier alpha value is -7.34. The molecule has 0 atom stereocenters. The minimum Gasteiger partial charge on any atom is -0.309 e. The summed E-state index contributed by atoms with van der Waals surface area (Å²) in [6.07, 6.45) is 0. The zero-order valence-electron chi connectivity index (χ0n) is 30.5. The minimum atomic E-state index is 0.828. The molecule has 4 aromatic heterocycles. The molecule has 0 aliphatic carbocycles. The van der Waals surface area contributed by atoms with E-state index in [4.69, 9.17) is 9.97 Å². The lowest BCUT2D eigenvalue weighted by atomic mass is 10.0. The normalized spacial score (nSPS) is 12.2. The highest BCUT2D eigenvalue weighted by Gasteiger charge is 2.23. The number of para-hydroxylation sites is 4. The number of nitrogens with zero attached hydrogens (tertiary/aromatic N) is 4. The van der Waals surface area contributed by atoms with Gasteiger partial charge in [0.1, 0.15) is 5.69 Å². The second-order valence-electron chi connectivity index (χ2n) is 14.9. The van der Waals surface area contributed by atoms with E-state index in [1.54, 1.807) is 0 Å². The second kappa shape index (κ2) is 11.6. The molecule has 0 aliphatic rings. The standard InChI is InChI=1S/C52H30N4S/c1-2-15-33-31(13-1)27-28-46-49(33)37-18-4-9-24-44(37)55(46)45-25-11-14-32-29-47-40(30-39(32)45)34-16-3-8-23-43(34)56(47)52-50(53-41-21-6-7-22-42(41)54-52)38-20-12-19-36-35-17-5-10-26-48(35)57-51(36)38/h1-30H. The first-order valence-corrected chi connectivity index (χ1v) is 20.2. The minimum absolute atomic E-state index is 0.828. The van der Waals surface area contributed by atoms with Crippen LogP contribution in [0.25, 0.3) is 119 Å². The molecule has 9 aromatic carbocycles. The van der Waals surface area contributed by atoms with Crippen molar-refractivity contribution in [2.45, 2.75) is 0 Å². The molecule has 4 nitrogen and oxygen atoms in total. The number of thiophene rings is 1. The summed E-state index contributed by atoms with van der Waals surface area (Å²) in [4.78, 5) is 10.9. The zero-order valence-corrected chi connectivity index (χ0v) is 31.3. The van der Waals surface area contributed by atoms with Gasteiger partial charge in [-0.05, 0) is 70.8 Å². The summed E-state index contributed by atoms with van der Waals surface area (Å²) >= 11 is 1.83. The van der Waals surface area contributed by atoms with Crippen LogP contribution in [0.5, 0.6) is 0 Å². The Morgan fingerprint density at radius 1 is 0.386 bits per heavy atom. The molecule has 4 heterocycles. The average Bonchev–Trinajstić information content (AvgIpc) is 3.93. The lowest BCUT2D eigenvalue weighted by molar-refractivity contribution is 1.08. The Kier molecular flexibility index (Phi) is 6.29. The Morgan fingerprint density at radius 2 is 1.05 bits per heavy atom. The average molecular weight is 743 g/mol. The third kappa shape index (κ3) is 4.32. The smallest absolute Gasteiger partial charge is 0.165 e. The van der Waals surface area contributed by atoms with E-state index in [1.807, 2.05) is 23.5 Å². The fourth-order valence-electron chi connectivity index (χ4n) is 9.41. The molecule has 13 rings (SSSR count). The van der Waals surface area contributed by atoms with E-state index in [-0.39, 0.29) is 0 Å². The summed E-state index contributed by atoms with van der Waals surface area (Å²) in [6, 6.07) is 65.8. The van der Waals surface area contributed by atoms with Crippen molar-refractivity contribution < 1.29 is 0 Å². The molecular formula is C52H30N4S. The molecule has 0 radical (unpaired) electrons. The van der Waals surface area contributed by atoms with E-state index in [2.05, 4.69) is 179 Å². The Labute approximate surface area is 330 Å². The van der Waals surface area contributed by atoms with E-state index < -0.39 is 0 Å². The van der Waals surface area contributed by atoms with Crippen LogP contribution in [0.15, 0.2) is 182 Å². The molecule has 264 valence electrons. The summed E-state index contributed by atoms with van der Waals surface area (Å²) in [5, 5.41) is 12.3. The van der Waals surface area contributed by atoms with Crippen LogP contribution in [-0.2, 0) is 0 Å². The molecule has 0 fully saturated rings. The molecule has 0 saturated heterocycles. The maximum Gasteiger partial charge on any atom is 0.165 e. The first-order chi connectivity index (χ1) is 28.3. The predicted molar refractivity (Wildman–Crippen MR) is 242 cm³/mol. The van der Waals surface area contributed by atoms with Gasteiger partial charge in [0.15, 0.2) is 5.82 Å². The first kappa shape index (κ1) is 30.9. The van der Waals surface area contributed by atoms with Crippen molar-refractivity contribution in [1.82, 2.24) is 19.1 Å². The molecule has 57 heavy (non-hydrogen) atoms. The SMILES string of the molecule is c1cc(-n2c3ccccc3c3c4ccccc4ccc32)c2cc3c4ccccc4n(-c4nc5ccccc5nc4-c4cccc5c4sc4ccccc45)c3cc2c1. The molecule has 0 unspecified atom stereocenters. The number of hydrogen-bond donors (Lipinski definition) is 0. The van der Waals surface area contributed by atoms with Crippen LogP contribution < -0.4 is 0 Å². The van der Waals surface area contributed by atoms with E-state index >= 15 is 0 Å². The molecule has 0 N–H and O–H groups in total. The lowest BCUT2D eigenvalue weighted by Crippen LogP contribution is -2.04. The highest BCUT2D eigenvalue weighted by atomic mass is 32.1. The van der Waals surface area contributed by atoms with Crippen molar-refractivity contribution in [2.24, 2.45) is 0 Å². The Morgan fingerprint density at radius 3 is 1.93 bits per heavy atom. The highest BCUT2D eigenvalue weighted by Crippen LogP contribution is 2.44. The third-order valence-electron chi connectivity index (χ3n) is 11.9. The van der Waals surface area contributed by atoms with Gasteiger partial charge in [0, 0.05) is 52.7 Å². The van der Waals surface area contributed by atoms with Gasteiger partial charge in [-0.15, -0.1) is 11.3 Å². The van der Waals surface area contributed by atoms with E-state index in [0.29, 0.717) is 0 Å². The number of rotatable bonds is 3. The topological polar surface area (TPSA) is 35.6 Å². The number of aromatic nitrogens is 4. The van der Waals surface area contributed by atoms with Crippen molar-refractivity contribution in [1.29, 1.82) is 0 Å². The van der Waals surface area contributed by atoms with Gasteiger partial charge in [-0.1, -0.05) is 127 Å². The van der Waals surface area contributed by atoms with Crippen LogP contribution in [0.4, 0.5) is 0 Å². The lowest BCUT2D eigenvalue weighted by Gasteiger charge is -2.15. The molecule has 0 bridgehead atoms. The number of hydrogen-bond acceptors (Lipinski definition) is 3. The molecule has 0 spiro atoms. The molecule has 0 aliphatic heterocycles. The summed E-state index contributed by atoms with van der Waals surface area (Å²) < 4.78 is 7.30. The maximum absolute atomic E-state index is 5.49. The second-order valence-corrected chi connectivity index (χ2v) is 16.0. The fraction of sp³-hybridized carbons (Fsp3) is 0. The van der Waals surface area contributed by atoms with Gasteiger partial charge in [-0.25, -0.2) is 9.97 Å². The fourth-order valence-corrected chi connectivity index (χ4v) is 10.6. The summed E-state index contributed by atoms with van der Waals surface area (Å²) in [5.74, 6) is 0.828. The first-order valence-electron chi connectivity index (χ1n) is 19.3. The molecule has 5 heteroatoms. The van der Waals surface area contributed by atoms with Crippen molar-refractivity contribution >= 4 is 108 Å². The van der Waals surface area contributed by atoms with Gasteiger partial charge in [-0.2, -0.15) is 0 Å². The van der Waals surface area contributed by atoms with Crippen molar-refractivity contribution in [3.05, 3.63) is 182 Å². The van der Waals surface area contributed by atoms with Crippen molar-refractivity contribution in [2.75, 3.05) is 0 Å². The van der Waals surface area contributed by atoms with Gasteiger partial charge >= 0.3 is 0 Å².